The number of hydrogen-bond acceptors (Lipinski definition) is 6. The molecule has 108 valence electrons. The third-order valence-electron chi connectivity index (χ3n) is 2.29. The van der Waals surface area contributed by atoms with E-state index in [2.05, 4.69) is 14.8 Å². The third-order valence-corrected chi connectivity index (χ3v) is 5.27. The van der Waals surface area contributed by atoms with Gasteiger partial charge >= 0.3 is 5.97 Å². The van der Waals surface area contributed by atoms with E-state index in [1.165, 1.54) is 23.1 Å². The topological polar surface area (TPSA) is 114 Å². The Morgan fingerprint density at radius 3 is 2.85 bits per heavy atom. The highest BCUT2D eigenvalue weighted by molar-refractivity contribution is 7.91. The van der Waals surface area contributed by atoms with Gasteiger partial charge in [0.05, 0.1) is 13.0 Å². The molecule has 2 heterocycles. The first kappa shape index (κ1) is 14.6. The van der Waals surface area contributed by atoms with Crippen molar-refractivity contribution >= 4 is 27.3 Å². The summed E-state index contributed by atoms with van der Waals surface area (Å²) in [6.45, 7) is -0.0185. The third kappa shape index (κ3) is 3.62. The largest absolute Gasteiger partial charge is 0.481 e. The van der Waals surface area contributed by atoms with Gasteiger partial charge in [-0.25, -0.2) is 18.1 Å². The Hall–Kier alpha value is -1.78. The molecule has 2 N–H and O–H groups in total. The number of hydrogen-bond donors (Lipinski definition) is 2. The monoisotopic (exact) mass is 316 g/mol. The van der Waals surface area contributed by atoms with Gasteiger partial charge in [0, 0.05) is 11.9 Å². The maximum atomic E-state index is 12.0. The van der Waals surface area contributed by atoms with Gasteiger partial charge in [0.15, 0.2) is 5.82 Å². The molecule has 0 unspecified atom stereocenters. The minimum Gasteiger partial charge on any atom is -0.481 e. The molecule has 10 heteroatoms. The predicted octanol–water partition coefficient (Wildman–Crippen LogP) is -0.0178. The lowest BCUT2D eigenvalue weighted by molar-refractivity contribution is -0.136. The Morgan fingerprint density at radius 2 is 2.25 bits per heavy atom. The summed E-state index contributed by atoms with van der Waals surface area (Å²) in [7, 11) is -1.99. The van der Waals surface area contributed by atoms with Crippen LogP contribution >= 0.6 is 11.3 Å². The first-order valence-electron chi connectivity index (χ1n) is 5.51. The number of sulfonamides is 1. The number of carboxylic acids is 1. The van der Waals surface area contributed by atoms with E-state index in [-0.39, 0.29) is 17.2 Å². The number of aromatic nitrogens is 3. The molecule has 2 rings (SSSR count). The summed E-state index contributed by atoms with van der Waals surface area (Å²) < 4.78 is 27.9. The maximum absolute atomic E-state index is 12.0. The normalized spacial score (nSPS) is 11.7. The van der Waals surface area contributed by atoms with E-state index in [9.17, 15) is 13.2 Å². The minimum atomic E-state index is -3.68. The van der Waals surface area contributed by atoms with Crippen LogP contribution in [0.15, 0.2) is 22.7 Å². The molecule has 0 aliphatic heterocycles. The highest BCUT2D eigenvalue weighted by Crippen LogP contribution is 2.22. The molecule has 0 bridgehead atoms. The van der Waals surface area contributed by atoms with E-state index in [0.717, 1.165) is 11.3 Å². The number of carbonyl (C=O) groups is 1. The van der Waals surface area contributed by atoms with Gasteiger partial charge in [-0.2, -0.15) is 5.10 Å². The van der Waals surface area contributed by atoms with Gasteiger partial charge < -0.3 is 5.11 Å². The summed E-state index contributed by atoms with van der Waals surface area (Å²) in [5, 5.41) is 12.6. The smallest absolute Gasteiger partial charge is 0.308 e. The zero-order valence-corrected chi connectivity index (χ0v) is 12.1. The molecule has 0 radical (unpaired) electrons. The molecule has 0 aliphatic carbocycles. The van der Waals surface area contributed by atoms with Gasteiger partial charge in [0.25, 0.3) is 0 Å². The summed E-state index contributed by atoms with van der Waals surface area (Å²) in [5.74, 6) is -0.639. The molecule has 0 atom stereocenters. The van der Waals surface area contributed by atoms with Crippen LogP contribution in [0.4, 0.5) is 0 Å². The summed E-state index contributed by atoms with van der Waals surface area (Å²) in [5.41, 5.74) is 0. The molecule has 0 spiro atoms. The SMILES string of the molecule is Cn1cnc(CNS(=O)(=O)c2ccc(CC(=O)O)s2)n1. The summed E-state index contributed by atoms with van der Waals surface area (Å²) in [6.07, 6.45) is 1.28. The van der Waals surface area contributed by atoms with Crippen molar-refractivity contribution in [2.24, 2.45) is 7.05 Å². The van der Waals surface area contributed by atoms with E-state index in [4.69, 9.17) is 5.11 Å². The number of aliphatic carboxylic acids is 1. The second kappa shape index (κ2) is 5.69. The summed E-state index contributed by atoms with van der Waals surface area (Å²) in [6, 6.07) is 2.88. The van der Waals surface area contributed by atoms with Crippen molar-refractivity contribution in [1.29, 1.82) is 0 Å². The Labute approximate surface area is 119 Å². The lowest BCUT2D eigenvalue weighted by Crippen LogP contribution is -2.23. The van der Waals surface area contributed by atoms with Crippen LogP contribution < -0.4 is 4.72 Å². The second-order valence-electron chi connectivity index (χ2n) is 3.95. The van der Waals surface area contributed by atoms with Crippen LogP contribution in [-0.2, 0) is 34.8 Å². The van der Waals surface area contributed by atoms with Crippen molar-refractivity contribution in [3.8, 4) is 0 Å². The van der Waals surface area contributed by atoms with Gasteiger partial charge in [-0.3, -0.25) is 9.48 Å². The zero-order valence-electron chi connectivity index (χ0n) is 10.5. The number of aryl methyl sites for hydroxylation is 1. The van der Waals surface area contributed by atoms with Crippen molar-refractivity contribution in [3.63, 3.8) is 0 Å². The molecule has 0 aromatic carbocycles. The molecule has 0 saturated carbocycles. The van der Waals surface area contributed by atoms with Crippen LogP contribution in [0.25, 0.3) is 0 Å². The molecular weight excluding hydrogens is 304 g/mol. The van der Waals surface area contributed by atoms with E-state index < -0.39 is 16.0 Å². The number of nitrogens with one attached hydrogen (secondary N) is 1. The molecule has 0 saturated heterocycles. The van der Waals surface area contributed by atoms with Crippen LogP contribution in [0.2, 0.25) is 0 Å². The van der Waals surface area contributed by atoms with Gasteiger partial charge in [-0.05, 0) is 12.1 Å². The van der Waals surface area contributed by atoms with E-state index >= 15 is 0 Å². The first-order valence-corrected chi connectivity index (χ1v) is 7.81. The average molecular weight is 316 g/mol. The number of nitrogens with zero attached hydrogens (tertiary/aromatic N) is 3. The molecule has 0 aliphatic rings. The molecule has 0 amide bonds. The maximum Gasteiger partial charge on any atom is 0.308 e. The molecule has 0 fully saturated rings. The molecule has 2 aromatic heterocycles. The Bertz CT molecular complexity index is 719. The fourth-order valence-electron chi connectivity index (χ4n) is 1.44. The van der Waals surface area contributed by atoms with Crippen LogP contribution in [0.1, 0.15) is 10.7 Å². The van der Waals surface area contributed by atoms with E-state index in [1.807, 2.05) is 0 Å². The highest BCUT2D eigenvalue weighted by Gasteiger charge is 2.18. The standard InChI is InChI=1S/C10H12N4O4S2/c1-14-6-11-8(13-14)5-12-20(17,18)10-3-2-7(19-10)4-9(15)16/h2-3,6,12H,4-5H2,1H3,(H,15,16). The summed E-state index contributed by atoms with van der Waals surface area (Å²) >= 11 is 0.931. The van der Waals surface area contributed by atoms with Crippen LogP contribution in [-0.4, -0.2) is 34.3 Å². The zero-order chi connectivity index (χ0) is 14.8. The van der Waals surface area contributed by atoms with Crippen molar-refractivity contribution in [3.05, 3.63) is 29.2 Å². The number of thiophene rings is 1. The van der Waals surface area contributed by atoms with Crippen LogP contribution in [0.3, 0.4) is 0 Å². The fraction of sp³-hybridized carbons (Fsp3) is 0.300. The Balaban J connectivity index is 2.06. The fourth-order valence-corrected chi connectivity index (χ4v) is 3.81. The van der Waals surface area contributed by atoms with Crippen molar-refractivity contribution in [2.45, 2.75) is 17.2 Å². The number of carboxylic acid groups (broad SMARTS) is 1. The quantitative estimate of drug-likeness (QED) is 0.774. The Morgan fingerprint density at radius 1 is 1.50 bits per heavy atom. The molecule has 20 heavy (non-hydrogen) atoms. The van der Waals surface area contributed by atoms with Gasteiger partial charge in [0.1, 0.15) is 10.5 Å². The van der Waals surface area contributed by atoms with Gasteiger partial charge in [0.2, 0.25) is 10.0 Å². The summed E-state index contributed by atoms with van der Waals surface area (Å²) in [4.78, 5) is 15.0. The lowest BCUT2D eigenvalue weighted by Gasteiger charge is -2.01. The van der Waals surface area contributed by atoms with Gasteiger partial charge in [-0.15, -0.1) is 11.3 Å². The molecule has 8 nitrogen and oxygen atoms in total. The van der Waals surface area contributed by atoms with Crippen LogP contribution in [0, 0.1) is 0 Å². The first-order chi connectivity index (χ1) is 9.37. The highest BCUT2D eigenvalue weighted by atomic mass is 32.2. The van der Waals surface area contributed by atoms with Crippen LogP contribution in [0.5, 0.6) is 0 Å². The minimum absolute atomic E-state index is 0.0185. The second-order valence-corrected chi connectivity index (χ2v) is 7.11. The predicted molar refractivity (Wildman–Crippen MR) is 70.7 cm³/mol. The lowest BCUT2D eigenvalue weighted by atomic mass is 10.3. The van der Waals surface area contributed by atoms with Gasteiger partial charge in [-0.1, -0.05) is 0 Å². The number of rotatable bonds is 6. The molecular formula is C10H12N4O4S2. The Kier molecular flexibility index (Phi) is 4.16. The van der Waals surface area contributed by atoms with E-state index in [1.54, 1.807) is 7.05 Å². The van der Waals surface area contributed by atoms with E-state index in [0.29, 0.717) is 10.7 Å². The van der Waals surface area contributed by atoms with Crippen molar-refractivity contribution in [2.75, 3.05) is 0 Å². The molecule has 2 aromatic rings. The van der Waals surface area contributed by atoms with Crippen molar-refractivity contribution in [1.82, 2.24) is 19.5 Å². The average Bonchev–Trinajstić information content (AvgIpc) is 2.95. The van der Waals surface area contributed by atoms with Crippen molar-refractivity contribution < 1.29 is 18.3 Å².